The van der Waals surface area contributed by atoms with Crippen molar-refractivity contribution in [2.45, 2.75) is 19.9 Å². The molecule has 0 spiro atoms. The molecular formula is C19H23IN2. The highest BCUT2D eigenvalue weighted by Crippen LogP contribution is 2.23. The van der Waals surface area contributed by atoms with Gasteiger partial charge in [-0.25, -0.2) is 0 Å². The smallest absolute Gasteiger partial charge is 0.213 e. The number of benzene rings is 2. The molecule has 0 N–H and O–H groups in total. The molecule has 2 aromatic carbocycles. The Kier molecular flexibility index (Phi) is 3.54. The largest absolute Gasteiger partial charge is 1.00 e. The van der Waals surface area contributed by atoms with Crippen LogP contribution in [0, 0.1) is 6.92 Å². The van der Waals surface area contributed by atoms with E-state index in [1.807, 2.05) is 36.4 Å². The number of para-hydroxylation sites is 2. The van der Waals surface area contributed by atoms with Crippen LogP contribution in [-0.2, 0) is 6.54 Å². The molecular weight excluding hydrogens is 383 g/mol. The minimum absolute atomic E-state index is 0. The molecule has 22 heavy (non-hydrogen) atoms. The van der Waals surface area contributed by atoms with E-state index in [2.05, 4.69) is 23.6 Å². The molecule has 0 saturated carbocycles. The van der Waals surface area contributed by atoms with Gasteiger partial charge in [0, 0.05) is 44.1 Å². The zero-order chi connectivity index (χ0) is 19.8. The molecule has 1 aromatic heterocycles. The Bertz CT molecular complexity index is 897. The van der Waals surface area contributed by atoms with Crippen LogP contribution in [0.1, 0.15) is 20.2 Å². The molecule has 2 nitrogen and oxygen atoms in total. The maximum Gasteiger partial charge on any atom is 0.213 e. The number of aromatic nitrogens is 1. The first-order valence-electron chi connectivity index (χ1n) is 10.2. The molecule has 0 radical (unpaired) electrons. The number of rotatable bonds is 4. The Balaban J connectivity index is 0.00000280. The average Bonchev–Trinajstić information content (AvgIpc) is 2.59. The van der Waals surface area contributed by atoms with E-state index in [1.165, 1.54) is 5.56 Å². The molecule has 0 fully saturated rings. The van der Waals surface area contributed by atoms with E-state index < -0.39 is 14.0 Å². The molecule has 0 aliphatic carbocycles. The third-order valence-electron chi connectivity index (χ3n) is 3.96. The van der Waals surface area contributed by atoms with Gasteiger partial charge in [0.05, 0.1) is 0 Å². The predicted octanol–water partition coefficient (Wildman–Crippen LogP) is 0.545. The molecule has 0 saturated heterocycles. The van der Waals surface area contributed by atoms with Gasteiger partial charge in [0.2, 0.25) is 11.0 Å². The molecule has 0 bridgehead atoms. The second kappa shape index (κ2) is 7.38. The number of hydrogen-bond acceptors (Lipinski definition) is 1. The van der Waals surface area contributed by atoms with Crippen LogP contribution in [0.15, 0.2) is 48.5 Å². The normalized spacial score (nSPS) is 16.3. The van der Waals surface area contributed by atoms with E-state index in [0.29, 0.717) is 17.9 Å². The zero-order valence-electron chi connectivity index (χ0n) is 18.5. The fourth-order valence-corrected chi connectivity index (χ4v) is 2.95. The summed E-state index contributed by atoms with van der Waals surface area (Å²) in [5.41, 5.74) is 3.31. The number of halogens is 1. The van der Waals surface area contributed by atoms with E-state index in [0.717, 1.165) is 21.8 Å². The van der Waals surface area contributed by atoms with Gasteiger partial charge in [-0.1, -0.05) is 24.3 Å². The van der Waals surface area contributed by atoms with Gasteiger partial charge in [0.25, 0.3) is 0 Å². The first-order valence-corrected chi connectivity index (χ1v) is 7.18. The molecule has 3 rings (SSSR count). The van der Waals surface area contributed by atoms with Crippen molar-refractivity contribution in [3.05, 3.63) is 54.1 Å². The molecule has 0 aliphatic heterocycles. The number of nitrogens with zero attached hydrogens (tertiary/aromatic N) is 2. The highest BCUT2D eigenvalue weighted by molar-refractivity contribution is 5.93. The monoisotopic (exact) mass is 412 g/mol. The molecule has 0 aliphatic rings. The standard InChI is InChI=1S/C19H23N2.HI/c1-15-16-9-4-6-11-18(16)21(14-8-13-20(2)3)19-12-7-5-10-17(15)19;/h4-7,9-12H,8,13-14H2,1-3H3;1H/q+1;/p-1/i2D3,3D3;. The quantitative estimate of drug-likeness (QED) is 0.345. The second-order valence-corrected chi connectivity index (χ2v) is 5.32. The maximum atomic E-state index is 7.51. The molecule has 0 unspecified atom stereocenters. The van der Waals surface area contributed by atoms with Crippen LogP contribution in [-0.4, -0.2) is 25.4 Å². The average molecular weight is 412 g/mol. The molecule has 116 valence electrons. The Hall–Kier alpha value is -1.20. The zero-order valence-corrected chi connectivity index (χ0v) is 14.7. The Morgan fingerprint density at radius 1 is 0.955 bits per heavy atom. The maximum absolute atomic E-state index is 7.51. The van der Waals surface area contributed by atoms with E-state index >= 15 is 0 Å². The second-order valence-electron chi connectivity index (χ2n) is 5.32. The lowest BCUT2D eigenvalue weighted by Gasteiger charge is -2.11. The molecule has 1 heterocycles. The summed E-state index contributed by atoms with van der Waals surface area (Å²) in [6, 6.07) is 16.2. The van der Waals surface area contributed by atoms with Crippen molar-refractivity contribution in [2.24, 2.45) is 0 Å². The summed E-state index contributed by atoms with van der Waals surface area (Å²) >= 11 is 0. The van der Waals surface area contributed by atoms with Crippen LogP contribution < -0.4 is 28.5 Å². The molecule has 3 aromatic rings. The summed E-state index contributed by atoms with van der Waals surface area (Å²) in [5, 5.41) is 2.28. The number of fused-ring (bicyclic) bond motifs is 2. The molecule has 0 atom stereocenters. The van der Waals surface area contributed by atoms with Gasteiger partial charge in [-0.3, -0.25) is 0 Å². The Labute approximate surface area is 158 Å². The molecule has 3 heteroatoms. The third kappa shape index (κ3) is 3.25. The first-order chi connectivity index (χ1) is 12.6. The van der Waals surface area contributed by atoms with Crippen LogP contribution in [0.4, 0.5) is 0 Å². The van der Waals surface area contributed by atoms with Crippen molar-refractivity contribution in [3.8, 4) is 0 Å². The van der Waals surface area contributed by atoms with Crippen LogP contribution in [0.25, 0.3) is 21.8 Å². The number of aryl methyl sites for hydroxylation is 2. The van der Waals surface area contributed by atoms with E-state index in [1.54, 1.807) is 0 Å². The van der Waals surface area contributed by atoms with Gasteiger partial charge < -0.3 is 28.9 Å². The Morgan fingerprint density at radius 2 is 1.50 bits per heavy atom. The summed E-state index contributed by atoms with van der Waals surface area (Å²) in [4.78, 5) is 0.624. The lowest BCUT2D eigenvalue weighted by atomic mass is 10.0. The van der Waals surface area contributed by atoms with E-state index in [4.69, 9.17) is 8.22 Å². The molecule has 0 amide bonds. The first kappa shape index (κ1) is 10.6. The lowest BCUT2D eigenvalue weighted by Crippen LogP contribution is -3.00. The van der Waals surface area contributed by atoms with Crippen LogP contribution in [0.2, 0.25) is 0 Å². The van der Waals surface area contributed by atoms with Crippen molar-refractivity contribution in [1.82, 2.24) is 4.90 Å². The van der Waals surface area contributed by atoms with E-state index in [-0.39, 0.29) is 30.5 Å². The van der Waals surface area contributed by atoms with Crippen LogP contribution >= 0.6 is 0 Å². The summed E-state index contributed by atoms with van der Waals surface area (Å²) in [7, 11) is 0. The minimum atomic E-state index is -2.65. The Morgan fingerprint density at radius 3 is 2.05 bits per heavy atom. The lowest BCUT2D eigenvalue weighted by molar-refractivity contribution is -0.645. The van der Waals surface area contributed by atoms with Crippen molar-refractivity contribution in [1.29, 1.82) is 0 Å². The van der Waals surface area contributed by atoms with Crippen molar-refractivity contribution in [2.75, 3.05) is 20.5 Å². The van der Waals surface area contributed by atoms with Gasteiger partial charge in [0.1, 0.15) is 0 Å². The van der Waals surface area contributed by atoms with Gasteiger partial charge in [-0.2, -0.15) is 4.57 Å². The number of hydrogen-bond donors (Lipinski definition) is 0. The van der Waals surface area contributed by atoms with Gasteiger partial charge >= 0.3 is 0 Å². The fourth-order valence-electron chi connectivity index (χ4n) is 2.95. The highest BCUT2D eigenvalue weighted by atomic mass is 127. The van der Waals surface area contributed by atoms with E-state index in [9.17, 15) is 0 Å². The fraction of sp³-hybridized carbons (Fsp3) is 0.316. The van der Waals surface area contributed by atoms with Crippen LogP contribution in [0.3, 0.4) is 0 Å². The summed E-state index contributed by atoms with van der Waals surface area (Å²) in [6.45, 7) is -2.69. The van der Waals surface area contributed by atoms with Crippen molar-refractivity contribution >= 4 is 21.8 Å². The summed E-state index contributed by atoms with van der Waals surface area (Å²) in [5.74, 6) is 0. The predicted molar refractivity (Wildman–Crippen MR) is 89.6 cm³/mol. The third-order valence-corrected chi connectivity index (χ3v) is 3.96. The van der Waals surface area contributed by atoms with Gasteiger partial charge in [-0.15, -0.1) is 0 Å². The van der Waals surface area contributed by atoms with Crippen molar-refractivity contribution in [3.63, 3.8) is 0 Å². The summed E-state index contributed by atoms with van der Waals surface area (Å²) in [6.07, 6.45) is 0.415. The van der Waals surface area contributed by atoms with Crippen LogP contribution in [0.5, 0.6) is 0 Å². The van der Waals surface area contributed by atoms with Gasteiger partial charge in [-0.05, 0) is 38.6 Å². The topological polar surface area (TPSA) is 7.12 Å². The van der Waals surface area contributed by atoms with Crippen molar-refractivity contribution < 1.29 is 36.8 Å². The SMILES string of the molecule is [2H]C([2H])([2H])N(CCC[n+]1c2ccccc2c(C)c2ccccc21)C([2H])([2H])[2H].[I-]. The number of pyridine rings is 1. The summed E-state index contributed by atoms with van der Waals surface area (Å²) < 4.78 is 47.2. The van der Waals surface area contributed by atoms with Gasteiger partial charge in [0.15, 0.2) is 6.54 Å². The minimum Gasteiger partial charge on any atom is -1.00 e. The highest BCUT2D eigenvalue weighted by Gasteiger charge is 2.17.